The van der Waals surface area contributed by atoms with Crippen LogP contribution in [0.15, 0.2) is 0 Å². The van der Waals surface area contributed by atoms with Crippen LogP contribution >= 0.6 is 0 Å². The molecule has 4 fully saturated rings. The summed E-state index contributed by atoms with van der Waals surface area (Å²) >= 11 is 0. The number of Topliss-reactive ketones (excluding diaryl/α,β-unsaturated/α-hetero) is 1. The highest BCUT2D eigenvalue weighted by Crippen LogP contribution is 2.56. The number of carbonyl (C=O) groups excluding carboxylic acids is 1. The smallest absolute Gasteiger partial charge is 0.146 e. The van der Waals surface area contributed by atoms with Gasteiger partial charge in [-0.25, -0.2) is 0 Å². The van der Waals surface area contributed by atoms with E-state index in [1.807, 2.05) is 0 Å². The first kappa shape index (κ1) is 16.1. The molecule has 0 saturated heterocycles. The van der Waals surface area contributed by atoms with Crippen LogP contribution < -0.4 is 0 Å². The van der Waals surface area contributed by atoms with Gasteiger partial charge in [0.2, 0.25) is 0 Å². The molecule has 4 rings (SSSR count). The SMILES string of the molecule is COCO[C@@H]1CC[C@H]2[C@@H](CC[C@@H]3[C@@H]2CC[C@H]2CC(=O)CC[C@H]23)C1. The highest BCUT2D eigenvalue weighted by Gasteiger charge is 2.49. The van der Waals surface area contributed by atoms with Crippen LogP contribution in [0.4, 0.5) is 0 Å². The van der Waals surface area contributed by atoms with Gasteiger partial charge in [0.1, 0.15) is 12.6 Å². The second kappa shape index (κ2) is 6.84. The van der Waals surface area contributed by atoms with E-state index in [4.69, 9.17) is 9.47 Å². The molecule has 0 bridgehead atoms. The molecule has 23 heavy (non-hydrogen) atoms. The maximum absolute atomic E-state index is 11.8. The number of ketones is 1. The van der Waals surface area contributed by atoms with Gasteiger partial charge in [0.15, 0.2) is 0 Å². The molecule has 0 N–H and O–H groups in total. The molecule has 3 heteroatoms. The molecule has 4 saturated carbocycles. The number of carbonyl (C=O) groups is 1. The third kappa shape index (κ3) is 3.11. The Bertz CT molecular complexity index is 435. The van der Waals surface area contributed by atoms with Gasteiger partial charge < -0.3 is 9.47 Å². The lowest BCUT2D eigenvalue weighted by Gasteiger charge is -2.54. The van der Waals surface area contributed by atoms with E-state index >= 15 is 0 Å². The topological polar surface area (TPSA) is 35.5 Å². The quantitative estimate of drug-likeness (QED) is 0.731. The second-order valence-corrected chi connectivity index (χ2v) is 8.62. The molecule has 130 valence electrons. The molecule has 3 nitrogen and oxygen atoms in total. The van der Waals surface area contributed by atoms with Crippen LogP contribution in [0.1, 0.15) is 64.2 Å². The molecular formula is C20H32O3. The standard InChI is InChI=1S/C20H32O3/c1-22-12-23-16-5-9-18-14(11-16)3-7-19-17-8-4-15(21)10-13(17)2-6-20(18)19/h13-14,16-20H,2-12H2,1H3/t13-,14-,16+,17+,18-,19-,20+/m0/s1. The highest BCUT2D eigenvalue weighted by atomic mass is 16.7. The maximum atomic E-state index is 11.8. The van der Waals surface area contributed by atoms with E-state index in [2.05, 4.69) is 0 Å². The average Bonchev–Trinajstić information content (AvgIpc) is 2.58. The molecule has 0 aromatic carbocycles. The van der Waals surface area contributed by atoms with Crippen LogP contribution in [0, 0.1) is 35.5 Å². The fourth-order valence-corrected chi connectivity index (χ4v) is 6.75. The molecule has 4 aliphatic rings. The van der Waals surface area contributed by atoms with Gasteiger partial charge in [-0.15, -0.1) is 0 Å². The van der Waals surface area contributed by atoms with Gasteiger partial charge in [-0.1, -0.05) is 0 Å². The molecular weight excluding hydrogens is 288 g/mol. The van der Waals surface area contributed by atoms with Crippen LogP contribution in [0.2, 0.25) is 0 Å². The van der Waals surface area contributed by atoms with Gasteiger partial charge in [-0.05, 0) is 86.9 Å². The Morgan fingerprint density at radius 2 is 1.57 bits per heavy atom. The van der Waals surface area contributed by atoms with E-state index in [1.165, 1.54) is 51.4 Å². The Morgan fingerprint density at radius 1 is 0.870 bits per heavy atom. The van der Waals surface area contributed by atoms with Gasteiger partial charge >= 0.3 is 0 Å². The minimum absolute atomic E-state index is 0.427. The summed E-state index contributed by atoms with van der Waals surface area (Å²) in [5.74, 6) is 5.84. The van der Waals surface area contributed by atoms with E-state index in [9.17, 15) is 4.79 Å². The summed E-state index contributed by atoms with van der Waals surface area (Å²) in [4.78, 5) is 11.8. The van der Waals surface area contributed by atoms with Crippen LogP contribution in [0.25, 0.3) is 0 Å². The summed E-state index contributed by atoms with van der Waals surface area (Å²) in [6.45, 7) is 0.450. The van der Waals surface area contributed by atoms with Crippen molar-refractivity contribution in [1.82, 2.24) is 0 Å². The van der Waals surface area contributed by atoms with Crippen molar-refractivity contribution >= 4 is 5.78 Å². The van der Waals surface area contributed by atoms with E-state index in [-0.39, 0.29) is 0 Å². The zero-order chi connectivity index (χ0) is 15.8. The summed E-state index contributed by atoms with van der Waals surface area (Å²) in [5.41, 5.74) is 0. The molecule has 0 heterocycles. The monoisotopic (exact) mass is 320 g/mol. The molecule has 0 unspecified atom stereocenters. The minimum atomic E-state index is 0.427. The van der Waals surface area contributed by atoms with Crippen molar-refractivity contribution in [3.05, 3.63) is 0 Å². The Hall–Kier alpha value is -0.410. The first-order valence-electron chi connectivity index (χ1n) is 9.88. The molecule has 0 aromatic heterocycles. The number of rotatable bonds is 3. The fourth-order valence-electron chi connectivity index (χ4n) is 6.75. The normalized spacial score (nSPS) is 46.7. The van der Waals surface area contributed by atoms with E-state index < -0.39 is 0 Å². The molecule has 4 aliphatic carbocycles. The largest absolute Gasteiger partial charge is 0.359 e. The van der Waals surface area contributed by atoms with Gasteiger partial charge in [0, 0.05) is 20.0 Å². The van der Waals surface area contributed by atoms with Crippen molar-refractivity contribution < 1.29 is 14.3 Å². The highest BCUT2D eigenvalue weighted by molar-refractivity contribution is 5.79. The lowest BCUT2D eigenvalue weighted by Crippen LogP contribution is -2.47. The summed E-state index contributed by atoms with van der Waals surface area (Å²) in [5, 5.41) is 0. The third-order valence-electron chi connectivity index (χ3n) is 7.66. The van der Waals surface area contributed by atoms with E-state index in [0.717, 1.165) is 48.3 Å². The number of fused-ring (bicyclic) bond motifs is 5. The van der Waals surface area contributed by atoms with Crippen molar-refractivity contribution in [2.45, 2.75) is 70.3 Å². The molecule has 0 aliphatic heterocycles. The van der Waals surface area contributed by atoms with Crippen molar-refractivity contribution in [3.8, 4) is 0 Å². The molecule has 0 aromatic rings. The fraction of sp³-hybridized carbons (Fsp3) is 0.950. The zero-order valence-corrected chi connectivity index (χ0v) is 14.5. The summed E-state index contributed by atoms with van der Waals surface area (Å²) in [7, 11) is 1.71. The van der Waals surface area contributed by atoms with Gasteiger partial charge in [0.25, 0.3) is 0 Å². The van der Waals surface area contributed by atoms with Crippen molar-refractivity contribution in [1.29, 1.82) is 0 Å². The van der Waals surface area contributed by atoms with Crippen molar-refractivity contribution in [3.63, 3.8) is 0 Å². The Kier molecular flexibility index (Phi) is 4.78. The summed E-state index contributed by atoms with van der Waals surface area (Å²) in [6.07, 6.45) is 12.8. The van der Waals surface area contributed by atoms with E-state index in [1.54, 1.807) is 7.11 Å². The predicted molar refractivity (Wildman–Crippen MR) is 88.9 cm³/mol. The number of hydrogen-bond donors (Lipinski definition) is 0. The Balaban J connectivity index is 1.41. The zero-order valence-electron chi connectivity index (χ0n) is 14.5. The summed E-state index contributed by atoms with van der Waals surface area (Å²) in [6, 6.07) is 0. The van der Waals surface area contributed by atoms with Gasteiger partial charge in [-0.2, -0.15) is 0 Å². The molecule has 0 radical (unpaired) electrons. The first-order valence-corrected chi connectivity index (χ1v) is 9.88. The first-order chi connectivity index (χ1) is 11.3. The van der Waals surface area contributed by atoms with Crippen LogP contribution in [-0.2, 0) is 14.3 Å². The molecule has 0 amide bonds. The number of methoxy groups -OCH3 is 1. The maximum Gasteiger partial charge on any atom is 0.146 e. The Labute approximate surface area is 140 Å². The minimum Gasteiger partial charge on any atom is -0.359 e. The lowest BCUT2D eigenvalue weighted by atomic mass is 9.51. The van der Waals surface area contributed by atoms with Crippen molar-refractivity contribution in [2.24, 2.45) is 35.5 Å². The van der Waals surface area contributed by atoms with Crippen LogP contribution in [-0.4, -0.2) is 25.8 Å². The molecule has 0 spiro atoms. The lowest BCUT2D eigenvalue weighted by molar-refractivity contribution is -0.130. The van der Waals surface area contributed by atoms with Gasteiger partial charge in [0.05, 0.1) is 6.10 Å². The summed E-state index contributed by atoms with van der Waals surface area (Å²) < 4.78 is 10.9. The van der Waals surface area contributed by atoms with Crippen LogP contribution in [0.5, 0.6) is 0 Å². The number of hydrogen-bond acceptors (Lipinski definition) is 3. The molecule has 7 atom stereocenters. The van der Waals surface area contributed by atoms with Gasteiger partial charge in [-0.3, -0.25) is 4.79 Å². The average molecular weight is 320 g/mol. The second-order valence-electron chi connectivity index (χ2n) is 8.62. The predicted octanol–water partition coefficient (Wildman–Crippen LogP) is 4.20. The number of ether oxygens (including phenoxy) is 2. The van der Waals surface area contributed by atoms with Crippen molar-refractivity contribution in [2.75, 3.05) is 13.9 Å². The third-order valence-corrected chi connectivity index (χ3v) is 7.66. The van der Waals surface area contributed by atoms with Crippen LogP contribution in [0.3, 0.4) is 0 Å². The van der Waals surface area contributed by atoms with E-state index in [0.29, 0.717) is 18.7 Å². The Morgan fingerprint density at radius 3 is 2.35 bits per heavy atom.